The molecular weight excluding hydrogens is 300 g/mol. The van der Waals surface area contributed by atoms with Crippen molar-refractivity contribution >= 4 is 22.4 Å². The first-order valence-electron chi connectivity index (χ1n) is 7.88. The number of carbonyl (C=O) groups is 1. The SMILES string of the molecule is CC(C)(C)c1ccc(NC(=O)c2cc3ccccc3c(=O)[nH]2)cc1. The number of aromatic nitrogens is 1. The Bertz CT molecular complexity index is 948. The monoisotopic (exact) mass is 320 g/mol. The van der Waals surface area contributed by atoms with Crippen LogP contribution in [0.4, 0.5) is 5.69 Å². The van der Waals surface area contributed by atoms with Gasteiger partial charge in [0.1, 0.15) is 5.69 Å². The zero-order chi connectivity index (χ0) is 17.3. The quantitative estimate of drug-likeness (QED) is 0.747. The molecule has 24 heavy (non-hydrogen) atoms. The van der Waals surface area contributed by atoms with Gasteiger partial charge in [-0.2, -0.15) is 0 Å². The van der Waals surface area contributed by atoms with Gasteiger partial charge in [-0.3, -0.25) is 9.59 Å². The van der Waals surface area contributed by atoms with E-state index in [4.69, 9.17) is 0 Å². The highest BCUT2D eigenvalue weighted by Crippen LogP contribution is 2.23. The molecule has 3 rings (SSSR count). The van der Waals surface area contributed by atoms with Crippen LogP contribution in [-0.4, -0.2) is 10.9 Å². The van der Waals surface area contributed by atoms with Gasteiger partial charge >= 0.3 is 0 Å². The van der Waals surface area contributed by atoms with E-state index >= 15 is 0 Å². The maximum atomic E-state index is 12.4. The zero-order valence-electron chi connectivity index (χ0n) is 14.0. The van der Waals surface area contributed by atoms with Gasteiger partial charge in [-0.25, -0.2) is 0 Å². The smallest absolute Gasteiger partial charge is 0.272 e. The van der Waals surface area contributed by atoms with Crippen LogP contribution in [0.2, 0.25) is 0 Å². The molecule has 0 aliphatic carbocycles. The first kappa shape index (κ1) is 16.0. The fourth-order valence-corrected chi connectivity index (χ4v) is 2.59. The van der Waals surface area contributed by atoms with Crippen LogP contribution in [0, 0.1) is 0 Å². The summed E-state index contributed by atoms with van der Waals surface area (Å²) in [5.41, 5.74) is 1.94. The van der Waals surface area contributed by atoms with Gasteiger partial charge in [-0.05, 0) is 40.6 Å². The molecule has 2 aromatic carbocycles. The molecule has 1 amide bonds. The second kappa shape index (κ2) is 5.96. The molecule has 4 nitrogen and oxygen atoms in total. The van der Waals surface area contributed by atoms with Crippen molar-refractivity contribution in [3.63, 3.8) is 0 Å². The molecular formula is C20H20N2O2. The van der Waals surface area contributed by atoms with E-state index in [1.807, 2.05) is 36.4 Å². The van der Waals surface area contributed by atoms with E-state index < -0.39 is 0 Å². The minimum absolute atomic E-state index is 0.0616. The topological polar surface area (TPSA) is 62.0 Å². The summed E-state index contributed by atoms with van der Waals surface area (Å²) in [5, 5.41) is 4.14. The van der Waals surface area contributed by atoms with Gasteiger partial charge in [0.25, 0.3) is 11.5 Å². The summed E-state index contributed by atoms with van der Waals surface area (Å²) >= 11 is 0. The third-order valence-corrected chi connectivity index (χ3v) is 4.01. The molecule has 1 heterocycles. The maximum absolute atomic E-state index is 12.4. The van der Waals surface area contributed by atoms with Gasteiger partial charge < -0.3 is 10.3 Å². The lowest BCUT2D eigenvalue weighted by Gasteiger charge is -2.19. The molecule has 122 valence electrons. The summed E-state index contributed by atoms with van der Waals surface area (Å²) in [7, 11) is 0. The summed E-state index contributed by atoms with van der Waals surface area (Å²) in [6.07, 6.45) is 0. The van der Waals surface area contributed by atoms with Crippen LogP contribution in [0.5, 0.6) is 0 Å². The van der Waals surface area contributed by atoms with Crippen LogP contribution in [0.3, 0.4) is 0 Å². The average Bonchev–Trinajstić information content (AvgIpc) is 2.54. The van der Waals surface area contributed by atoms with Gasteiger partial charge in [0, 0.05) is 11.1 Å². The molecule has 0 fully saturated rings. The number of aromatic amines is 1. The largest absolute Gasteiger partial charge is 0.321 e. The van der Waals surface area contributed by atoms with Crippen molar-refractivity contribution in [2.75, 3.05) is 5.32 Å². The fourth-order valence-electron chi connectivity index (χ4n) is 2.59. The zero-order valence-corrected chi connectivity index (χ0v) is 14.0. The molecule has 0 atom stereocenters. The standard InChI is InChI=1S/C20H20N2O2/c1-20(2,3)14-8-10-15(11-9-14)21-19(24)17-12-13-6-4-5-7-16(13)18(23)22-17/h4-12H,1-3H3,(H,21,24)(H,22,23). The molecule has 0 aliphatic heterocycles. The second-order valence-corrected chi connectivity index (χ2v) is 6.88. The first-order valence-corrected chi connectivity index (χ1v) is 7.88. The van der Waals surface area contributed by atoms with Gasteiger partial charge in [0.15, 0.2) is 0 Å². The predicted octanol–water partition coefficient (Wildman–Crippen LogP) is 4.08. The molecule has 0 radical (unpaired) electrons. The molecule has 0 saturated heterocycles. The van der Waals surface area contributed by atoms with Crippen LogP contribution in [0.15, 0.2) is 59.4 Å². The van der Waals surface area contributed by atoms with E-state index in [-0.39, 0.29) is 22.6 Å². The third-order valence-electron chi connectivity index (χ3n) is 4.01. The van der Waals surface area contributed by atoms with Crippen molar-refractivity contribution in [1.29, 1.82) is 0 Å². The Kier molecular flexibility index (Phi) is 3.97. The summed E-state index contributed by atoms with van der Waals surface area (Å²) in [6, 6.07) is 16.6. The summed E-state index contributed by atoms with van der Waals surface area (Å²) < 4.78 is 0. The summed E-state index contributed by atoms with van der Waals surface area (Å²) in [4.78, 5) is 27.1. The Morgan fingerprint density at radius 1 is 1.00 bits per heavy atom. The van der Waals surface area contributed by atoms with E-state index in [2.05, 4.69) is 31.1 Å². The second-order valence-electron chi connectivity index (χ2n) is 6.88. The van der Waals surface area contributed by atoms with E-state index in [1.165, 1.54) is 5.56 Å². The highest BCUT2D eigenvalue weighted by molar-refractivity contribution is 6.04. The van der Waals surface area contributed by atoms with Crippen molar-refractivity contribution in [3.05, 3.63) is 76.2 Å². The Balaban J connectivity index is 1.86. The molecule has 0 saturated carbocycles. The molecule has 0 bridgehead atoms. The molecule has 0 aliphatic rings. The lowest BCUT2D eigenvalue weighted by atomic mass is 9.87. The van der Waals surface area contributed by atoms with E-state index in [0.29, 0.717) is 11.1 Å². The number of benzene rings is 2. The minimum Gasteiger partial charge on any atom is -0.321 e. The maximum Gasteiger partial charge on any atom is 0.272 e. The average molecular weight is 320 g/mol. The number of anilines is 1. The Labute approximate surface area is 140 Å². The first-order chi connectivity index (χ1) is 11.3. The number of fused-ring (bicyclic) bond motifs is 1. The lowest BCUT2D eigenvalue weighted by molar-refractivity contribution is 0.102. The number of carbonyl (C=O) groups excluding carboxylic acids is 1. The Morgan fingerprint density at radius 3 is 2.33 bits per heavy atom. The molecule has 0 unspecified atom stereocenters. The van der Waals surface area contributed by atoms with Crippen LogP contribution in [-0.2, 0) is 5.41 Å². The lowest BCUT2D eigenvalue weighted by Crippen LogP contribution is -2.19. The number of pyridine rings is 1. The Morgan fingerprint density at radius 2 is 1.67 bits per heavy atom. The number of rotatable bonds is 2. The van der Waals surface area contributed by atoms with Gasteiger partial charge in [-0.15, -0.1) is 0 Å². The normalized spacial score (nSPS) is 11.5. The van der Waals surface area contributed by atoms with Crippen LogP contribution >= 0.6 is 0 Å². The fraction of sp³-hybridized carbons (Fsp3) is 0.200. The molecule has 0 spiro atoms. The number of hydrogen-bond acceptors (Lipinski definition) is 2. The van der Waals surface area contributed by atoms with Crippen molar-refractivity contribution in [2.24, 2.45) is 0 Å². The van der Waals surface area contributed by atoms with Crippen molar-refractivity contribution in [2.45, 2.75) is 26.2 Å². The number of nitrogens with one attached hydrogen (secondary N) is 2. The predicted molar refractivity (Wildman–Crippen MR) is 97.7 cm³/mol. The van der Waals surface area contributed by atoms with Crippen molar-refractivity contribution in [1.82, 2.24) is 4.98 Å². The number of amides is 1. The number of hydrogen-bond donors (Lipinski definition) is 2. The highest BCUT2D eigenvalue weighted by atomic mass is 16.2. The summed E-state index contributed by atoms with van der Waals surface area (Å²) in [6.45, 7) is 6.42. The summed E-state index contributed by atoms with van der Waals surface area (Å²) in [5.74, 6) is -0.332. The van der Waals surface area contributed by atoms with Gasteiger partial charge in [0.05, 0.1) is 0 Å². The van der Waals surface area contributed by atoms with Crippen molar-refractivity contribution in [3.8, 4) is 0 Å². The van der Waals surface area contributed by atoms with E-state index in [9.17, 15) is 9.59 Å². The Hall–Kier alpha value is -2.88. The molecule has 1 aromatic heterocycles. The van der Waals surface area contributed by atoms with Crippen LogP contribution in [0.1, 0.15) is 36.8 Å². The van der Waals surface area contributed by atoms with Gasteiger partial charge in [0.2, 0.25) is 0 Å². The molecule has 4 heteroatoms. The molecule has 2 N–H and O–H groups in total. The third kappa shape index (κ3) is 3.23. The highest BCUT2D eigenvalue weighted by Gasteiger charge is 2.14. The van der Waals surface area contributed by atoms with E-state index in [1.54, 1.807) is 18.2 Å². The number of H-pyrrole nitrogens is 1. The van der Waals surface area contributed by atoms with Crippen LogP contribution < -0.4 is 10.9 Å². The van der Waals surface area contributed by atoms with E-state index in [0.717, 1.165) is 5.39 Å². The van der Waals surface area contributed by atoms with Crippen molar-refractivity contribution < 1.29 is 4.79 Å². The minimum atomic E-state index is -0.332. The van der Waals surface area contributed by atoms with Gasteiger partial charge in [-0.1, -0.05) is 51.1 Å². The molecule has 3 aromatic rings. The van der Waals surface area contributed by atoms with Crippen LogP contribution in [0.25, 0.3) is 10.8 Å².